The largest absolute Gasteiger partial charge is 0.339 e. The summed E-state index contributed by atoms with van der Waals surface area (Å²) in [5.41, 5.74) is 7.02. The number of halogens is 1. The fourth-order valence-electron chi connectivity index (χ4n) is 3.87. The zero-order valence-electron chi connectivity index (χ0n) is 16.2. The molecule has 1 aromatic heterocycles. The van der Waals surface area contributed by atoms with Gasteiger partial charge in [-0.15, -0.1) is 12.4 Å². The number of amides is 2. The molecule has 8 heteroatoms. The van der Waals surface area contributed by atoms with E-state index in [-0.39, 0.29) is 24.4 Å². The van der Waals surface area contributed by atoms with E-state index in [1.54, 1.807) is 4.90 Å². The second-order valence-electron chi connectivity index (χ2n) is 7.85. The lowest BCUT2D eigenvalue weighted by Crippen LogP contribution is -2.45. The molecule has 1 aliphatic carbocycles. The van der Waals surface area contributed by atoms with E-state index in [1.807, 2.05) is 42.3 Å². The van der Waals surface area contributed by atoms with Crippen molar-refractivity contribution in [1.29, 1.82) is 0 Å². The van der Waals surface area contributed by atoms with Crippen LogP contribution in [-0.2, 0) is 12.1 Å². The highest BCUT2D eigenvalue weighted by molar-refractivity contribution is 5.85. The van der Waals surface area contributed by atoms with Crippen LogP contribution in [0.2, 0.25) is 0 Å². The molecule has 1 aliphatic heterocycles. The number of hydrogen-bond donors (Lipinski definition) is 1. The van der Waals surface area contributed by atoms with Crippen LogP contribution in [0.5, 0.6) is 0 Å². The summed E-state index contributed by atoms with van der Waals surface area (Å²) in [7, 11) is 1.85. The van der Waals surface area contributed by atoms with Crippen molar-refractivity contribution in [2.45, 2.75) is 50.1 Å². The molecule has 1 saturated heterocycles. The Balaban J connectivity index is 0.00000225. The summed E-state index contributed by atoms with van der Waals surface area (Å²) in [5.74, 6) is 1.52. The minimum Gasteiger partial charge on any atom is -0.339 e. The van der Waals surface area contributed by atoms with Crippen LogP contribution in [0.15, 0.2) is 34.9 Å². The zero-order chi connectivity index (χ0) is 18.9. The number of likely N-dealkylation sites (tertiary alicyclic amines) is 1. The molecule has 0 unspecified atom stereocenters. The number of urea groups is 1. The lowest BCUT2D eigenvalue weighted by molar-refractivity contribution is 0.143. The van der Waals surface area contributed by atoms with Gasteiger partial charge in [0, 0.05) is 32.6 Å². The van der Waals surface area contributed by atoms with Crippen molar-refractivity contribution in [1.82, 2.24) is 19.9 Å². The van der Waals surface area contributed by atoms with Gasteiger partial charge in [0.25, 0.3) is 0 Å². The van der Waals surface area contributed by atoms with Gasteiger partial charge in [0.05, 0.1) is 5.54 Å². The van der Waals surface area contributed by atoms with Crippen molar-refractivity contribution in [3.63, 3.8) is 0 Å². The lowest BCUT2D eigenvalue weighted by Gasteiger charge is -2.34. The summed E-state index contributed by atoms with van der Waals surface area (Å²) < 4.78 is 5.49. The molecule has 2 fully saturated rings. The molecule has 0 bridgehead atoms. The average molecular weight is 406 g/mol. The number of benzene rings is 1. The number of carbonyl (C=O) groups is 1. The topological polar surface area (TPSA) is 88.5 Å². The molecule has 0 radical (unpaired) electrons. The average Bonchev–Trinajstić information content (AvgIpc) is 3.17. The summed E-state index contributed by atoms with van der Waals surface area (Å²) in [5, 5.41) is 4.11. The number of hydrogen-bond acceptors (Lipinski definition) is 5. The fourth-order valence-corrected chi connectivity index (χ4v) is 3.87. The van der Waals surface area contributed by atoms with Crippen LogP contribution in [0.1, 0.15) is 55.3 Å². The van der Waals surface area contributed by atoms with E-state index in [1.165, 1.54) is 0 Å². The van der Waals surface area contributed by atoms with Gasteiger partial charge in [-0.1, -0.05) is 35.5 Å². The van der Waals surface area contributed by atoms with Gasteiger partial charge in [-0.3, -0.25) is 0 Å². The Morgan fingerprint density at radius 3 is 2.57 bits per heavy atom. The number of nitrogens with zero attached hydrogens (tertiary/aromatic N) is 4. The smallest absolute Gasteiger partial charge is 0.320 e. The van der Waals surface area contributed by atoms with Crippen molar-refractivity contribution in [2.75, 3.05) is 20.1 Å². The molecule has 152 valence electrons. The lowest BCUT2D eigenvalue weighted by atomic mass is 9.77. The molecule has 2 aromatic rings. The summed E-state index contributed by atoms with van der Waals surface area (Å²) in [6, 6.07) is 10.1. The molecule has 0 spiro atoms. The van der Waals surface area contributed by atoms with Gasteiger partial charge in [0.15, 0.2) is 5.82 Å². The molecule has 2 N–H and O–H groups in total. The number of nitrogens with two attached hydrogens (primary N) is 1. The van der Waals surface area contributed by atoms with Gasteiger partial charge >= 0.3 is 6.03 Å². The van der Waals surface area contributed by atoms with Crippen molar-refractivity contribution in [2.24, 2.45) is 5.73 Å². The van der Waals surface area contributed by atoms with Gasteiger partial charge in [-0.2, -0.15) is 4.98 Å². The number of aromatic nitrogens is 2. The van der Waals surface area contributed by atoms with Gasteiger partial charge < -0.3 is 20.1 Å². The predicted molar refractivity (Wildman–Crippen MR) is 108 cm³/mol. The minimum absolute atomic E-state index is 0. The monoisotopic (exact) mass is 405 g/mol. The first kappa shape index (κ1) is 20.6. The van der Waals surface area contributed by atoms with E-state index in [9.17, 15) is 4.79 Å². The van der Waals surface area contributed by atoms with Crippen LogP contribution in [0.3, 0.4) is 0 Å². The number of carbonyl (C=O) groups excluding carboxylic acids is 1. The summed E-state index contributed by atoms with van der Waals surface area (Å²) in [4.78, 5) is 21.0. The highest BCUT2D eigenvalue weighted by Crippen LogP contribution is 2.38. The first-order valence-electron chi connectivity index (χ1n) is 9.72. The predicted octanol–water partition coefficient (Wildman–Crippen LogP) is 3.26. The van der Waals surface area contributed by atoms with E-state index in [4.69, 9.17) is 10.3 Å². The van der Waals surface area contributed by atoms with E-state index >= 15 is 0 Å². The zero-order valence-corrected chi connectivity index (χ0v) is 17.0. The first-order valence-corrected chi connectivity index (χ1v) is 9.72. The minimum atomic E-state index is -0.390. The molecular formula is C20H28ClN5O2. The standard InChI is InChI=1S/C20H27N5O2.ClH/c1-24(14-15-6-3-2-4-7-15)19(26)25-12-8-16(9-13-25)17-22-18(23-27-17)20(21)10-5-11-20;/h2-4,6-7,16H,5,8-14,21H2,1H3;1H. The normalized spacial score (nSPS) is 18.9. The molecule has 2 heterocycles. The maximum Gasteiger partial charge on any atom is 0.320 e. The molecule has 0 atom stereocenters. The highest BCUT2D eigenvalue weighted by atomic mass is 35.5. The van der Waals surface area contributed by atoms with Crippen molar-refractivity contribution in [3.05, 3.63) is 47.6 Å². The van der Waals surface area contributed by atoms with Gasteiger partial charge in [-0.05, 0) is 37.7 Å². The third-order valence-corrected chi connectivity index (χ3v) is 5.84. The quantitative estimate of drug-likeness (QED) is 0.843. The SMILES string of the molecule is CN(Cc1ccccc1)C(=O)N1CCC(c2nc(C3(N)CCC3)no2)CC1.Cl. The first-order chi connectivity index (χ1) is 13.0. The van der Waals surface area contributed by atoms with Crippen LogP contribution in [0.4, 0.5) is 4.79 Å². The second kappa shape index (κ2) is 8.49. The Hall–Kier alpha value is -2.12. The number of rotatable bonds is 4. The fraction of sp³-hybridized carbons (Fsp3) is 0.550. The van der Waals surface area contributed by atoms with E-state index < -0.39 is 5.54 Å². The second-order valence-corrected chi connectivity index (χ2v) is 7.85. The van der Waals surface area contributed by atoms with Crippen LogP contribution in [0, 0.1) is 0 Å². The maximum absolute atomic E-state index is 12.7. The summed E-state index contributed by atoms with van der Waals surface area (Å²) >= 11 is 0. The van der Waals surface area contributed by atoms with Gasteiger partial charge in [0.2, 0.25) is 5.89 Å². The Bertz CT molecular complexity index is 785. The molecule has 2 amide bonds. The third-order valence-electron chi connectivity index (χ3n) is 5.84. The van der Waals surface area contributed by atoms with Crippen LogP contribution < -0.4 is 5.73 Å². The van der Waals surface area contributed by atoms with E-state index in [0.717, 1.165) is 37.7 Å². The van der Waals surface area contributed by atoms with Crippen molar-refractivity contribution >= 4 is 18.4 Å². The molecule has 7 nitrogen and oxygen atoms in total. The van der Waals surface area contributed by atoms with Gasteiger partial charge in [0.1, 0.15) is 0 Å². The Morgan fingerprint density at radius 1 is 1.29 bits per heavy atom. The molecular weight excluding hydrogens is 378 g/mol. The maximum atomic E-state index is 12.7. The third kappa shape index (κ3) is 4.15. The molecule has 1 aromatic carbocycles. The Kier molecular flexibility index (Phi) is 6.25. The number of piperidine rings is 1. The summed E-state index contributed by atoms with van der Waals surface area (Å²) in [6.45, 7) is 2.02. The Morgan fingerprint density at radius 2 is 1.96 bits per heavy atom. The molecule has 4 rings (SSSR count). The highest BCUT2D eigenvalue weighted by Gasteiger charge is 2.40. The van der Waals surface area contributed by atoms with Crippen LogP contribution in [-0.4, -0.2) is 46.1 Å². The van der Waals surface area contributed by atoms with Crippen molar-refractivity contribution in [3.8, 4) is 0 Å². The Labute approximate surface area is 171 Å². The summed E-state index contributed by atoms with van der Waals surface area (Å²) in [6.07, 6.45) is 4.64. The van der Waals surface area contributed by atoms with Gasteiger partial charge in [-0.25, -0.2) is 4.79 Å². The molecule has 28 heavy (non-hydrogen) atoms. The van der Waals surface area contributed by atoms with E-state index in [0.29, 0.717) is 31.3 Å². The van der Waals surface area contributed by atoms with E-state index in [2.05, 4.69) is 10.1 Å². The molecule has 2 aliphatic rings. The molecule has 1 saturated carbocycles. The van der Waals surface area contributed by atoms with Crippen LogP contribution in [0.25, 0.3) is 0 Å². The van der Waals surface area contributed by atoms with Crippen LogP contribution >= 0.6 is 12.4 Å². The van der Waals surface area contributed by atoms with Crippen molar-refractivity contribution < 1.29 is 9.32 Å².